The summed E-state index contributed by atoms with van der Waals surface area (Å²) >= 11 is 0. The van der Waals surface area contributed by atoms with Gasteiger partial charge in [-0.15, -0.1) is 0 Å². The van der Waals surface area contributed by atoms with Crippen molar-refractivity contribution in [2.24, 2.45) is 0 Å². The Morgan fingerprint density at radius 3 is 2.25 bits per heavy atom. The van der Waals surface area contributed by atoms with Crippen LogP contribution in [0.25, 0.3) is 0 Å². The van der Waals surface area contributed by atoms with Gasteiger partial charge in [0.05, 0.1) is 26.9 Å². The number of carbonyl (C=O) groups is 2. The molecule has 0 unspecified atom stereocenters. The Morgan fingerprint density at radius 1 is 0.906 bits per heavy atom. The van der Waals surface area contributed by atoms with Crippen LogP contribution in [0.1, 0.15) is 27.5 Å². The Morgan fingerprint density at radius 2 is 1.62 bits per heavy atom. The van der Waals surface area contributed by atoms with Crippen LogP contribution in [0.5, 0.6) is 17.2 Å². The van der Waals surface area contributed by atoms with Gasteiger partial charge in [0.1, 0.15) is 11.8 Å². The number of methoxy groups -OCH3 is 3. The van der Waals surface area contributed by atoms with Crippen molar-refractivity contribution >= 4 is 17.5 Å². The molecule has 7 nitrogen and oxygen atoms in total. The maximum atomic E-state index is 13.5. The molecule has 3 aromatic rings. The molecule has 1 N–H and O–H groups in total. The van der Waals surface area contributed by atoms with Gasteiger partial charge in [-0.3, -0.25) is 9.59 Å². The van der Waals surface area contributed by atoms with Crippen molar-refractivity contribution < 1.29 is 23.8 Å². The smallest absolute Gasteiger partial charge is 0.259 e. The summed E-state index contributed by atoms with van der Waals surface area (Å²) in [4.78, 5) is 28.5. The van der Waals surface area contributed by atoms with Crippen LogP contribution in [-0.4, -0.2) is 38.0 Å². The van der Waals surface area contributed by atoms with Gasteiger partial charge in [0.15, 0.2) is 11.5 Å². The number of rotatable bonds is 7. The lowest BCUT2D eigenvalue weighted by molar-refractivity contribution is -0.120. The Balaban J connectivity index is 1.73. The summed E-state index contributed by atoms with van der Waals surface area (Å²) in [6.07, 6.45) is 0. The van der Waals surface area contributed by atoms with Gasteiger partial charge in [-0.05, 0) is 35.9 Å². The molecular formula is C25H24N2O5. The molecule has 1 aliphatic heterocycles. The first-order valence-corrected chi connectivity index (χ1v) is 10.1. The van der Waals surface area contributed by atoms with Gasteiger partial charge in [-0.1, -0.05) is 36.4 Å². The van der Waals surface area contributed by atoms with E-state index in [0.717, 1.165) is 5.56 Å². The Labute approximate surface area is 186 Å². The van der Waals surface area contributed by atoms with Crippen LogP contribution >= 0.6 is 0 Å². The molecule has 164 valence electrons. The third-order valence-electron chi connectivity index (χ3n) is 5.46. The molecule has 1 aliphatic rings. The first-order chi connectivity index (χ1) is 15.6. The molecule has 7 heteroatoms. The van der Waals surface area contributed by atoms with E-state index in [9.17, 15) is 9.59 Å². The van der Waals surface area contributed by atoms with E-state index >= 15 is 0 Å². The van der Waals surface area contributed by atoms with Crippen molar-refractivity contribution in [1.29, 1.82) is 0 Å². The molecule has 0 bridgehead atoms. The number of carbonyl (C=O) groups excluding carboxylic acids is 2. The zero-order valence-corrected chi connectivity index (χ0v) is 18.1. The highest BCUT2D eigenvalue weighted by Gasteiger charge is 2.44. The minimum Gasteiger partial charge on any atom is -0.497 e. The first kappa shape index (κ1) is 21.2. The van der Waals surface area contributed by atoms with Crippen LogP contribution in [0.15, 0.2) is 66.7 Å². The molecule has 3 aromatic carbocycles. The summed E-state index contributed by atoms with van der Waals surface area (Å²) in [6.45, 7) is 0.278. The second-order valence-electron chi connectivity index (χ2n) is 7.30. The molecule has 0 saturated carbocycles. The van der Waals surface area contributed by atoms with Gasteiger partial charge in [-0.2, -0.15) is 0 Å². The van der Waals surface area contributed by atoms with Crippen molar-refractivity contribution in [1.82, 2.24) is 4.90 Å². The third-order valence-corrected chi connectivity index (χ3v) is 5.46. The second kappa shape index (κ2) is 9.01. The molecule has 0 aromatic heterocycles. The summed E-state index contributed by atoms with van der Waals surface area (Å²) in [5, 5.41) is 2.92. The molecule has 0 aliphatic carbocycles. The minimum absolute atomic E-state index is 0.278. The highest BCUT2D eigenvalue weighted by molar-refractivity contribution is 6.09. The lowest BCUT2D eigenvalue weighted by Crippen LogP contribution is -2.35. The summed E-state index contributed by atoms with van der Waals surface area (Å²) < 4.78 is 16.0. The fraction of sp³-hybridized carbons (Fsp3) is 0.200. The van der Waals surface area contributed by atoms with Gasteiger partial charge >= 0.3 is 0 Å². The Kier molecular flexibility index (Phi) is 5.98. The molecule has 1 atom stereocenters. The van der Waals surface area contributed by atoms with Crippen LogP contribution in [0.4, 0.5) is 5.69 Å². The van der Waals surface area contributed by atoms with Crippen LogP contribution in [0.3, 0.4) is 0 Å². The highest BCUT2D eigenvalue weighted by Crippen LogP contribution is 2.44. The van der Waals surface area contributed by atoms with E-state index in [0.29, 0.717) is 34.1 Å². The van der Waals surface area contributed by atoms with Gasteiger partial charge in [0.2, 0.25) is 0 Å². The fourth-order valence-corrected chi connectivity index (χ4v) is 3.93. The molecule has 0 spiro atoms. The van der Waals surface area contributed by atoms with Gasteiger partial charge in [-0.25, -0.2) is 0 Å². The second-order valence-corrected chi connectivity index (χ2v) is 7.30. The van der Waals surface area contributed by atoms with Gasteiger partial charge < -0.3 is 24.4 Å². The average molecular weight is 432 g/mol. The largest absolute Gasteiger partial charge is 0.497 e. The Bertz CT molecular complexity index is 1130. The average Bonchev–Trinajstić information content (AvgIpc) is 3.11. The number of ether oxygens (including phenoxy) is 3. The first-order valence-electron chi connectivity index (χ1n) is 10.1. The number of amides is 2. The summed E-state index contributed by atoms with van der Waals surface area (Å²) in [5.74, 6) is 0.857. The van der Waals surface area contributed by atoms with Crippen LogP contribution in [0.2, 0.25) is 0 Å². The summed E-state index contributed by atoms with van der Waals surface area (Å²) in [6, 6.07) is 19.2. The van der Waals surface area contributed by atoms with Gasteiger partial charge in [0.25, 0.3) is 11.8 Å². The van der Waals surface area contributed by atoms with Crippen LogP contribution < -0.4 is 19.5 Å². The summed E-state index contributed by atoms with van der Waals surface area (Å²) in [5.41, 5.74) is 2.45. The Hall–Kier alpha value is -4.00. The number of benzene rings is 3. The van der Waals surface area contributed by atoms with E-state index in [1.807, 2.05) is 30.3 Å². The monoisotopic (exact) mass is 432 g/mol. The molecular weight excluding hydrogens is 408 g/mol. The quantitative estimate of drug-likeness (QED) is 0.610. The lowest BCUT2D eigenvalue weighted by Gasteiger charge is -2.24. The van der Waals surface area contributed by atoms with Gasteiger partial charge in [0, 0.05) is 17.8 Å². The van der Waals surface area contributed by atoms with Crippen molar-refractivity contribution in [2.75, 3.05) is 26.6 Å². The fourth-order valence-electron chi connectivity index (χ4n) is 3.93. The van der Waals surface area contributed by atoms with E-state index in [-0.39, 0.29) is 18.4 Å². The van der Waals surface area contributed by atoms with E-state index in [1.165, 1.54) is 14.2 Å². The van der Waals surface area contributed by atoms with Crippen molar-refractivity contribution in [3.63, 3.8) is 0 Å². The van der Waals surface area contributed by atoms with Crippen molar-refractivity contribution in [2.45, 2.75) is 12.6 Å². The molecule has 4 rings (SSSR count). The van der Waals surface area contributed by atoms with E-state index in [4.69, 9.17) is 14.2 Å². The highest BCUT2D eigenvalue weighted by atomic mass is 16.5. The topological polar surface area (TPSA) is 77.1 Å². The number of hydrogen-bond acceptors (Lipinski definition) is 5. The maximum absolute atomic E-state index is 13.5. The van der Waals surface area contributed by atoms with Crippen molar-refractivity contribution in [3.05, 3.63) is 83.4 Å². The van der Waals surface area contributed by atoms with Crippen LogP contribution in [-0.2, 0) is 11.3 Å². The predicted octanol–water partition coefficient (Wildman–Crippen LogP) is 4.05. The standard InChI is InChI=1S/C25H24N2O5/c1-30-18-11-9-17(10-12-18)26-24(28)22-19-13-14-20(31-2)23(32-3)21(19)25(29)27(22)15-16-7-5-4-6-8-16/h4-14,22H,15H2,1-3H3,(H,26,28)/t22-/m0/s1. The zero-order chi connectivity index (χ0) is 22.7. The van der Waals surface area contributed by atoms with Crippen LogP contribution in [0, 0.1) is 0 Å². The van der Waals surface area contributed by atoms with E-state index in [2.05, 4.69) is 5.32 Å². The number of nitrogens with zero attached hydrogens (tertiary/aromatic N) is 1. The van der Waals surface area contributed by atoms with Crippen molar-refractivity contribution in [3.8, 4) is 17.2 Å². The number of anilines is 1. The maximum Gasteiger partial charge on any atom is 0.259 e. The lowest BCUT2D eigenvalue weighted by atomic mass is 10.0. The number of hydrogen-bond donors (Lipinski definition) is 1. The SMILES string of the molecule is COc1ccc(NC(=O)[C@@H]2c3ccc(OC)c(OC)c3C(=O)N2Cc2ccccc2)cc1. The summed E-state index contributed by atoms with van der Waals surface area (Å²) in [7, 11) is 4.58. The third kappa shape index (κ3) is 3.85. The molecule has 0 fully saturated rings. The zero-order valence-electron chi connectivity index (χ0n) is 18.1. The molecule has 1 heterocycles. The molecule has 0 saturated heterocycles. The molecule has 0 radical (unpaired) electrons. The minimum atomic E-state index is -0.820. The number of nitrogens with one attached hydrogen (secondary N) is 1. The molecule has 2 amide bonds. The molecule has 32 heavy (non-hydrogen) atoms. The number of fused-ring (bicyclic) bond motifs is 1. The predicted molar refractivity (Wildman–Crippen MR) is 120 cm³/mol. The normalized spacial score (nSPS) is 14.7. The van der Waals surface area contributed by atoms with E-state index in [1.54, 1.807) is 48.4 Å². The van der Waals surface area contributed by atoms with E-state index < -0.39 is 6.04 Å².